The van der Waals surface area contributed by atoms with Crippen molar-refractivity contribution in [3.63, 3.8) is 0 Å². The van der Waals surface area contributed by atoms with E-state index >= 15 is 0 Å². The highest BCUT2D eigenvalue weighted by Crippen LogP contribution is 2.32. The van der Waals surface area contributed by atoms with Crippen LogP contribution in [-0.4, -0.2) is 31.1 Å². The van der Waals surface area contributed by atoms with E-state index in [9.17, 15) is 0 Å². The van der Waals surface area contributed by atoms with E-state index in [0.29, 0.717) is 6.04 Å². The molecule has 1 N–H and O–H groups in total. The lowest BCUT2D eigenvalue weighted by molar-refractivity contribution is 0.241. The van der Waals surface area contributed by atoms with Crippen molar-refractivity contribution in [2.75, 3.05) is 26.2 Å². The van der Waals surface area contributed by atoms with Gasteiger partial charge in [0.2, 0.25) is 0 Å². The minimum atomic E-state index is 0.303. The molecule has 1 aliphatic rings. The fourth-order valence-electron chi connectivity index (χ4n) is 3.76. The van der Waals surface area contributed by atoms with Crippen LogP contribution in [0.2, 0.25) is 0 Å². The average Bonchev–Trinajstić information content (AvgIpc) is 2.93. The minimum Gasteiger partial charge on any atom is -0.315 e. The fraction of sp³-hybridized carbons (Fsp3) is 0.273. The van der Waals surface area contributed by atoms with E-state index in [4.69, 9.17) is 0 Å². The molecule has 1 unspecified atom stereocenters. The number of fused-ring (bicyclic) bond motifs is 1. The average molecular weight is 395 g/mol. The molecule has 3 aromatic carbocycles. The Bertz CT molecular complexity index is 836. The Morgan fingerprint density at radius 3 is 2.40 bits per heavy atom. The molecule has 1 aliphatic heterocycles. The Hall–Kier alpha value is -1.68. The molecule has 0 amide bonds. The normalized spacial score (nSPS) is 17.3. The minimum absolute atomic E-state index is 0.303. The molecule has 3 heteroatoms. The quantitative estimate of drug-likeness (QED) is 0.673. The van der Waals surface area contributed by atoms with Crippen molar-refractivity contribution in [1.82, 2.24) is 10.2 Å². The Labute approximate surface area is 158 Å². The molecule has 0 spiro atoms. The number of halogens is 1. The van der Waals surface area contributed by atoms with Crippen molar-refractivity contribution < 1.29 is 0 Å². The molecule has 0 aromatic heterocycles. The number of nitrogens with zero attached hydrogens (tertiary/aromatic N) is 1. The molecule has 0 saturated carbocycles. The lowest BCUT2D eigenvalue weighted by Gasteiger charge is -2.31. The summed E-state index contributed by atoms with van der Waals surface area (Å²) in [5, 5.41) is 6.14. The smallest absolute Gasteiger partial charge is 0.0602 e. The first-order chi connectivity index (χ1) is 12.3. The second-order valence-corrected chi connectivity index (χ2v) is 7.62. The van der Waals surface area contributed by atoms with E-state index < -0.39 is 0 Å². The largest absolute Gasteiger partial charge is 0.315 e. The van der Waals surface area contributed by atoms with E-state index in [0.717, 1.165) is 30.7 Å². The maximum Gasteiger partial charge on any atom is 0.0602 e. The SMILES string of the molecule is Brc1ccc(C(c2ccc3ccccc3c2)N2CCCNCC2)cc1. The van der Waals surface area contributed by atoms with Crippen molar-refractivity contribution >= 4 is 26.7 Å². The van der Waals surface area contributed by atoms with Crippen LogP contribution in [-0.2, 0) is 0 Å². The van der Waals surface area contributed by atoms with Crippen molar-refractivity contribution in [3.8, 4) is 0 Å². The van der Waals surface area contributed by atoms with Crippen LogP contribution >= 0.6 is 15.9 Å². The zero-order valence-corrected chi connectivity index (χ0v) is 15.9. The molecular weight excluding hydrogens is 372 g/mol. The second kappa shape index (κ2) is 7.69. The van der Waals surface area contributed by atoms with Gasteiger partial charge in [-0.05, 0) is 53.1 Å². The molecular formula is C22H23BrN2. The highest BCUT2D eigenvalue weighted by atomic mass is 79.9. The Morgan fingerprint density at radius 2 is 1.56 bits per heavy atom. The Balaban J connectivity index is 1.78. The van der Waals surface area contributed by atoms with Crippen LogP contribution in [0, 0.1) is 0 Å². The van der Waals surface area contributed by atoms with Gasteiger partial charge in [-0.25, -0.2) is 0 Å². The van der Waals surface area contributed by atoms with Gasteiger partial charge in [-0.3, -0.25) is 4.90 Å². The summed E-state index contributed by atoms with van der Waals surface area (Å²) in [6.45, 7) is 4.37. The van der Waals surface area contributed by atoms with Gasteiger partial charge < -0.3 is 5.32 Å². The summed E-state index contributed by atoms with van der Waals surface area (Å²) in [5.74, 6) is 0. The first-order valence-corrected chi connectivity index (χ1v) is 9.79. The number of benzene rings is 3. The third-order valence-corrected chi connectivity index (χ3v) is 5.54. The first-order valence-electron chi connectivity index (χ1n) is 9.00. The van der Waals surface area contributed by atoms with E-state index in [1.165, 1.54) is 28.3 Å². The molecule has 1 saturated heterocycles. The monoisotopic (exact) mass is 394 g/mol. The van der Waals surface area contributed by atoms with Gasteiger partial charge in [-0.2, -0.15) is 0 Å². The Morgan fingerprint density at radius 1 is 0.800 bits per heavy atom. The molecule has 0 radical (unpaired) electrons. The van der Waals surface area contributed by atoms with Crippen LogP contribution < -0.4 is 5.32 Å². The number of nitrogens with one attached hydrogen (secondary N) is 1. The highest BCUT2D eigenvalue weighted by molar-refractivity contribution is 9.10. The second-order valence-electron chi connectivity index (χ2n) is 6.70. The van der Waals surface area contributed by atoms with E-state index in [1.807, 2.05) is 0 Å². The van der Waals surface area contributed by atoms with Gasteiger partial charge in [0.15, 0.2) is 0 Å². The number of hydrogen-bond donors (Lipinski definition) is 1. The van der Waals surface area contributed by atoms with Gasteiger partial charge in [0.1, 0.15) is 0 Å². The van der Waals surface area contributed by atoms with Crippen molar-refractivity contribution in [2.24, 2.45) is 0 Å². The van der Waals surface area contributed by atoms with Gasteiger partial charge in [0.05, 0.1) is 6.04 Å². The molecule has 128 valence electrons. The van der Waals surface area contributed by atoms with E-state index in [-0.39, 0.29) is 0 Å². The van der Waals surface area contributed by atoms with Crippen molar-refractivity contribution in [2.45, 2.75) is 12.5 Å². The third-order valence-electron chi connectivity index (χ3n) is 5.01. The topological polar surface area (TPSA) is 15.3 Å². The predicted molar refractivity (Wildman–Crippen MR) is 109 cm³/mol. The summed E-state index contributed by atoms with van der Waals surface area (Å²) >= 11 is 3.57. The zero-order chi connectivity index (χ0) is 17.1. The van der Waals surface area contributed by atoms with Gasteiger partial charge in [0, 0.05) is 24.1 Å². The van der Waals surface area contributed by atoms with Crippen LogP contribution in [0.4, 0.5) is 0 Å². The fourth-order valence-corrected chi connectivity index (χ4v) is 4.03. The molecule has 1 heterocycles. The summed E-state index contributed by atoms with van der Waals surface area (Å²) in [6, 6.07) is 24.7. The molecule has 2 nitrogen and oxygen atoms in total. The molecule has 3 aromatic rings. The predicted octanol–water partition coefficient (Wildman–Crippen LogP) is 4.99. The van der Waals surface area contributed by atoms with Crippen LogP contribution in [0.3, 0.4) is 0 Å². The van der Waals surface area contributed by atoms with Crippen molar-refractivity contribution in [1.29, 1.82) is 0 Å². The van der Waals surface area contributed by atoms with E-state index in [2.05, 4.69) is 92.9 Å². The summed E-state index contributed by atoms with van der Waals surface area (Å²) < 4.78 is 1.13. The molecule has 25 heavy (non-hydrogen) atoms. The van der Waals surface area contributed by atoms with Gasteiger partial charge >= 0.3 is 0 Å². The number of hydrogen-bond acceptors (Lipinski definition) is 2. The van der Waals surface area contributed by atoms with Gasteiger partial charge in [-0.15, -0.1) is 0 Å². The lowest BCUT2D eigenvalue weighted by atomic mass is 9.94. The number of rotatable bonds is 3. The van der Waals surface area contributed by atoms with E-state index in [1.54, 1.807) is 0 Å². The van der Waals surface area contributed by atoms with Crippen LogP contribution in [0.15, 0.2) is 71.2 Å². The zero-order valence-electron chi connectivity index (χ0n) is 14.3. The highest BCUT2D eigenvalue weighted by Gasteiger charge is 2.23. The molecule has 1 fully saturated rings. The van der Waals surface area contributed by atoms with Crippen LogP contribution in [0.25, 0.3) is 10.8 Å². The van der Waals surface area contributed by atoms with Crippen LogP contribution in [0.1, 0.15) is 23.6 Å². The Kier molecular flexibility index (Phi) is 5.16. The molecule has 0 bridgehead atoms. The third kappa shape index (κ3) is 3.79. The van der Waals surface area contributed by atoms with Crippen LogP contribution in [0.5, 0.6) is 0 Å². The molecule has 4 rings (SSSR count). The maximum absolute atomic E-state index is 3.57. The standard InChI is InChI=1S/C22H23BrN2/c23-21-10-8-18(9-11-21)22(25-14-3-12-24-13-15-25)20-7-6-17-4-1-2-5-19(17)16-20/h1-2,4-11,16,22,24H,3,12-15H2. The lowest BCUT2D eigenvalue weighted by Crippen LogP contribution is -2.33. The summed E-state index contributed by atoms with van der Waals surface area (Å²) in [7, 11) is 0. The maximum atomic E-state index is 3.57. The molecule has 1 atom stereocenters. The summed E-state index contributed by atoms with van der Waals surface area (Å²) in [4.78, 5) is 2.62. The van der Waals surface area contributed by atoms with Crippen molar-refractivity contribution in [3.05, 3.63) is 82.3 Å². The first kappa shape index (κ1) is 16.8. The molecule has 0 aliphatic carbocycles. The summed E-state index contributed by atoms with van der Waals surface area (Å²) in [5.41, 5.74) is 2.74. The van der Waals surface area contributed by atoms with Gasteiger partial charge in [-0.1, -0.05) is 64.5 Å². The van der Waals surface area contributed by atoms with Gasteiger partial charge in [0.25, 0.3) is 0 Å². The summed E-state index contributed by atoms with van der Waals surface area (Å²) in [6.07, 6.45) is 1.20.